The average molecular weight is 472 g/mol. The second-order valence-electron chi connectivity index (χ2n) is 8.27. The Labute approximate surface area is 196 Å². The molecule has 0 bridgehead atoms. The van der Waals surface area contributed by atoms with Crippen molar-refractivity contribution in [2.75, 3.05) is 7.11 Å². The molecule has 1 aromatic carbocycles. The second kappa shape index (κ2) is 9.67. The van der Waals surface area contributed by atoms with Gasteiger partial charge in [0.15, 0.2) is 5.16 Å². The quantitative estimate of drug-likeness (QED) is 0.408. The van der Waals surface area contributed by atoms with Crippen LogP contribution in [0, 0.1) is 5.92 Å². The van der Waals surface area contributed by atoms with E-state index in [0.717, 1.165) is 40.8 Å². The molecule has 1 aliphatic rings. The Morgan fingerprint density at radius 1 is 1.41 bits per heavy atom. The van der Waals surface area contributed by atoms with E-state index in [1.54, 1.807) is 23.0 Å². The highest BCUT2D eigenvalue weighted by atomic mass is 32.2. The Balaban J connectivity index is 1.55. The number of para-hydroxylation sites is 1. The summed E-state index contributed by atoms with van der Waals surface area (Å²) in [6.45, 7) is 6.97. The van der Waals surface area contributed by atoms with Gasteiger partial charge in [-0.25, -0.2) is 4.98 Å². The molecule has 2 unspecified atom stereocenters. The van der Waals surface area contributed by atoms with E-state index in [9.17, 15) is 9.59 Å². The van der Waals surface area contributed by atoms with Crippen LogP contribution in [-0.4, -0.2) is 27.8 Å². The Morgan fingerprint density at radius 3 is 2.94 bits per heavy atom. The third-order valence-corrected chi connectivity index (χ3v) is 8.23. The number of carbonyl (C=O) groups excluding carboxylic acids is 1. The van der Waals surface area contributed by atoms with E-state index in [1.165, 1.54) is 22.2 Å². The number of aromatic nitrogens is 2. The zero-order valence-corrected chi connectivity index (χ0v) is 20.6. The number of nitrogens with one attached hydrogen (secondary N) is 1. The first-order valence-electron chi connectivity index (χ1n) is 11.0. The van der Waals surface area contributed by atoms with Crippen molar-refractivity contribution in [1.82, 2.24) is 14.9 Å². The fraction of sp³-hybridized carbons (Fsp3) is 0.458. The smallest absolute Gasteiger partial charge is 0.263 e. The topological polar surface area (TPSA) is 73.2 Å². The average Bonchev–Trinajstić information content (AvgIpc) is 3.15. The number of ether oxygens (including phenoxy) is 1. The fourth-order valence-electron chi connectivity index (χ4n) is 4.16. The van der Waals surface area contributed by atoms with Crippen molar-refractivity contribution >= 4 is 39.2 Å². The molecule has 2 atom stereocenters. The van der Waals surface area contributed by atoms with Crippen LogP contribution in [0.1, 0.15) is 43.2 Å². The van der Waals surface area contributed by atoms with Gasteiger partial charge in [0.05, 0.1) is 17.7 Å². The highest BCUT2D eigenvalue weighted by Crippen LogP contribution is 2.36. The number of rotatable bonds is 7. The molecule has 0 radical (unpaired) electrons. The lowest BCUT2D eigenvalue weighted by molar-refractivity contribution is -0.120. The third kappa shape index (κ3) is 4.43. The third-order valence-electron chi connectivity index (χ3n) is 5.99. The van der Waals surface area contributed by atoms with Gasteiger partial charge >= 0.3 is 0 Å². The summed E-state index contributed by atoms with van der Waals surface area (Å²) in [7, 11) is 1.62. The van der Waals surface area contributed by atoms with Gasteiger partial charge in [0, 0.05) is 23.5 Å². The van der Waals surface area contributed by atoms with Crippen LogP contribution < -0.4 is 15.6 Å². The number of hydrogen-bond acceptors (Lipinski definition) is 6. The van der Waals surface area contributed by atoms with Crippen molar-refractivity contribution in [2.45, 2.75) is 63.5 Å². The van der Waals surface area contributed by atoms with Gasteiger partial charge in [-0.15, -0.1) is 11.3 Å². The number of methoxy groups -OCH3 is 1. The summed E-state index contributed by atoms with van der Waals surface area (Å²) < 4.78 is 7.07. The minimum Gasteiger partial charge on any atom is -0.496 e. The molecule has 170 valence electrons. The summed E-state index contributed by atoms with van der Waals surface area (Å²) in [4.78, 5) is 33.1. The molecule has 1 aliphatic carbocycles. The van der Waals surface area contributed by atoms with E-state index in [2.05, 4.69) is 12.2 Å². The van der Waals surface area contributed by atoms with Gasteiger partial charge in [0.1, 0.15) is 10.6 Å². The molecule has 0 saturated heterocycles. The number of fused-ring (bicyclic) bond motifs is 3. The zero-order chi connectivity index (χ0) is 22.8. The van der Waals surface area contributed by atoms with Crippen molar-refractivity contribution in [3.63, 3.8) is 0 Å². The molecule has 6 nitrogen and oxygen atoms in total. The molecule has 2 aromatic heterocycles. The lowest BCUT2D eigenvalue weighted by Crippen LogP contribution is -2.31. The molecule has 8 heteroatoms. The van der Waals surface area contributed by atoms with Gasteiger partial charge in [-0.05, 0) is 50.7 Å². The van der Waals surface area contributed by atoms with Crippen LogP contribution in [-0.2, 0) is 30.7 Å². The molecule has 32 heavy (non-hydrogen) atoms. The SMILES string of the molecule is CCn1c(SC(C)C(=O)NCc2ccccc2OC)nc2sc3c(c2c1=O)CCC(C)C3. The summed E-state index contributed by atoms with van der Waals surface area (Å²) in [6.07, 6.45) is 3.09. The van der Waals surface area contributed by atoms with Gasteiger partial charge < -0.3 is 10.1 Å². The molecular formula is C24H29N3O3S2. The number of carbonyl (C=O) groups is 1. The maximum Gasteiger partial charge on any atom is 0.263 e. The summed E-state index contributed by atoms with van der Waals surface area (Å²) in [6, 6.07) is 7.63. The van der Waals surface area contributed by atoms with Gasteiger partial charge in [-0.3, -0.25) is 14.2 Å². The number of aryl methyl sites for hydroxylation is 1. The van der Waals surface area contributed by atoms with E-state index in [4.69, 9.17) is 9.72 Å². The molecule has 4 rings (SSSR count). The zero-order valence-electron chi connectivity index (χ0n) is 18.9. The van der Waals surface area contributed by atoms with Crippen LogP contribution >= 0.6 is 23.1 Å². The molecule has 0 aliphatic heterocycles. The van der Waals surface area contributed by atoms with Crippen LogP contribution in [0.5, 0.6) is 5.75 Å². The Hall–Kier alpha value is -2.32. The molecule has 0 spiro atoms. The Morgan fingerprint density at radius 2 is 2.19 bits per heavy atom. The lowest BCUT2D eigenvalue weighted by Gasteiger charge is -2.18. The van der Waals surface area contributed by atoms with Crippen LogP contribution in [0.2, 0.25) is 0 Å². The predicted octanol–water partition coefficient (Wildman–Crippen LogP) is 4.41. The maximum atomic E-state index is 13.3. The predicted molar refractivity (Wildman–Crippen MR) is 131 cm³/mol. The van der Waals surface area contributed by atoms with Crippen molar-refractivity contribution in [2.24, 2.45) is 5.92 Å². The van der Waals surface area contributed by atoms with Crippen molar-refractivity contribution in [1.29, 1.82) is 0 Å². The number of thioether (sulfide) groups is 1. The van der Waals surface area contributed by atoms with E-state index >= 15 is 0 Å². The fourth-order valence-corrected chi connectivity index (χ4v) is 6.58. The molecule has 1 amide bonds. The second-order valence-corrected chi connectivity index (χ2v) is 10.7. The number of amides is 1. The summed E-state index contributed by atoms with van der Waals surface area (Å²) in [5, 5.41) is 3.98. The van der Waals surface area contributed by atoms with Crippen LogP contribution in [0.15, 0.2) is 34.2 Å². The normalized spacial score (nSPS) is 16.6. The number of benzene rings is 1. The standard InChI is InChI=1S/C24H29N3O3S2/c1-5-27-23(29)20-17-11-10-14(2)12-19(17)32-22(20)26-24(27)31-15(3)21(28)25-13-16-8-6-7-9-18(16)30-4/h6-9,14-15H,5,10-13H2,1-4H3,(H,25,28). The maximum absolute atomic E-state index is 13.3. The van der Waals surface area contributed by atoms with E-state index in [0.29, 0.717) is 24.2 Å². The lowest BCUT2D eigenvalue weighted by atomic mass is 9.89. The molecule has 1 N–H and O–H groups in total. The first-order chi connectivity index (χ1) is 15.4. The molecule has 3 aromatic rings. The van der Waals surface area contributed by atoms with Gasteiger partial charge in [0.2, 0.25) is 5.91 Å². The molecular weight excluding hydrogens is 442 g/mol. The van der Waals surface area contributed by atoms with Crippen molar-refractivity contribution in [3.8, 4) is 5.75 Å². The van der Waals surface area contributed by atoms with E-state index in [-0.39, 0.29) is 16.7 Å². The van der Waals surface area contributed by atoms with Crippen molar-refractivity contribution < 1.29 is 9.53 Å². The number of nitrogens with zero attached hydrogens (tertiary/aromatic N) is 2. The van der Waals surface area contributed by atoms with E-state index < -0.39 is 0 Å². The monoisotopic (exact) mass is 471 g/mol. The van der Waals surface area contributed by atoms with Crippen molar-refractivity contribution in [3.05, 3.63) is 50.6 Å². The first kappa shape index (κ1) is 22.9. The summed E-state index contributed by atoms with van der Waals surface area (Å²) >= 11 is 2.98. The largest absolute Gasteiger partial charge is 0.496 e. The van der Waals surface area contributed by atoms with Gasteiger partial charge in [-0.2, -0.15) is 0 Å². The van der Waals surface area contributed by atoms with Gasteiger partial charge in [0.25, 0.3) is 5.56 Å². The highest BCUT2D eigenvalue weighted by Gasteiger charge is 2.25. The number of thiophene rings is 1. The molecule has 0 fully saturated rings. The molecule has 0 saturated carbocycles. The summed E-state index contributed by atoms with van der Waals surface area (Å²) in [5.41, 5.74) is 2.14. The minimum absolute atomic E-state index is 0.0219. The minimum atomic E-state index is -0.388. The Kier molecular flexibility index (Phi) is 6.90. The molecule has 2 heterocycles. The van der Waals surface area contributed by atoms with Crippen LogP contribution in [0.4, 0.5) is 0 Å². The Bertz CT molecular complexity index is 1200. The van der Waals surface area contributed by atoms with E-state index in [1.807, 2.05) is 38.1 Å². The van der Waals surface area contributed by atoms with Crippen LogP contribution in [0.25, 0.3) is 10.2 Å². The first-order valence-corrected chi connectivity index (χ1v) is 12.7. The summed E-state index contributed by atoms with van der Waals surface area (Å²) in [5.74, 6) is 1.29. The van der Waals surface area contributed by atoms with Gasteiger partial charge in [-0.1, -0.05) is 36.9 Å². The van der Waals surface area contributed by atoms with Crippen LogP contribution in [0.3, 0.4) is 0 Å². The number of hydrogen-bond donors (Lipinski definition) is 1. The highest BCUT2D eigenvalue weighted by molar-refractivity contribution is 8.00.